The van der Waals surface area contributed by atoms with Crippen molar-refractivity contribution in [3.05, 3.63) is 47.1 Å². The van der Waals surface area contributed by atoms with Crippen molar-refractivity contribution in [2.75, 3.05) is 13.1 Å². The summed E-state index contributed by atoms with van der Waals surface area (Å²) >= 11 is 0. The summed E-state index contributed by atoms with van der Waals surface area (Å²) in [6.45, 7) is 6.26. The van der Waals surface area contributed by atoms with Gasteiger partial charge in [0.2, 0.25) is 5.91 Å². The third kappa shape index (κ3) is 4.45. The van der Waals surface area contributed by atoms with Gasteiger partial charge in [0.15, 0.2) is 0 Å². The van der Waals surface area contributed by atoms with Crippen LogP contribution in [0, 0.1) is 13.8 Å². The molecule has 2 aromatic heterocycles. The topological polar surface area (TPSA) is 71.3 Å². The molecular weight excluding hydrogens is 316 g/mol. The van der Waals surface area contributed by atoms with E-state index in [2.05, 4.69) is 15.5 Å². The Balaban J connectivity index is 1.80. The molecule has 3 rings (SSSR count). The van der Waals surface area contributed by atoms with Crippen LogP contribution in [-0.4, -0.2) is 40.1 Å². The average Bonchev–Trinajstić information content (AvgIpc) is 2.84. The highest BCUT2D eigenvalue weighted by Crippen LogP contribution is 2.20. The zero-order valence-electron chi connectivity index (χ0n) is 15.0. The van der Waals surface area contributed by atoms with Crippen LogP contribution in [0.25, 0.3) is 0 Å². The largest absolute Gasteiger partial charge is 0.361 e. The number of carbonyl (C=O) groups excluding carboxylic acids is 1. The Bertz CT molecular complexity index is 671. The molecule has 0 saturated carbocycles. The predicted octanol–water partition coefficient (Wildman–Crippen LogP) is 2.40. The summed E-state index contributed by atoms with van der Waals surface area (Å²) in [7, 11) is 0. The van der Waals surface area contributed by atoms with Gasteiger partial charge in [-0.2, -0.15) is 0 Å². The summed E-state index contributed by atoms with van der Waals surface area (Å²) in [6.07, 6.45) is 5.19. The summed E-state index contributed by atoms with van der Waals surface area (Å²) < 4.78 is 5.22. The third-order valence-electron chi connectivity index (χ3n) is 4.87. The number of hydrogen-bond acceptors (Lipinski definition) is 5. The molecule has 0 radical (unpaired) electrons. The van der Waals surface area contributed by atoms with E-state index in [1.54, 1.807) is 6.20 Å². The fraction of sp³-hybridized carbons (Fsp3) is 0.526. The first-order valence-electron chi connectivity index (χ1n) is 8.97. The molecule has 0 bridgehead atoms. The van der Waals surface area contributed by atoms with E-state index in [4.69, 9.17) is 4.52 Å². The van der Waals surface area contributed by atoms with E-state index in [1.807, 2.05) is 36.9 Å². The van der Waals surface area contributed by atoms with Gasteiger partial charge in [0.1, 0.15) is 5.76 Å². The summed E-state index contributed by atoms with van der Waals surface area (Å²) in [5, 5.41) is 7.39. The van der Waals surface area contributed by atoms with Gasteiger partial charge < -0.3 is 14.7 Å². The van der Waals surface area contributed by atoms with E-state index in [0.717, 1.165) is 55.1 Å². The zero-order chi connectivity index (χ0) is 17.6. The molecule has 6 nitrogen and oxygen atoms in total. The van der Waals surface area contributed by atoms with Crippen molar-refractivity contribution in [1.29, 1.82) is 0 Å². The fourth-order valence-electron chi connectivity index (χ4n) is 3.41. The van der Waals surface area contributed by atoms with Crippen LogP contribution in [0.2, 0.25) is 0 Å². The van der Waals surface area contributed by atoms with Crippen molar-refractivity contribution in [2.45, 2.75) is 52.1 Å². The monoisotopic (exact) mass is 342 g/mol. The first-order chi connectivity index (χ1) is 12.1. The van der Waals surface area contributed by atoms with E-state index in [9.17, 15) is 4.79 Å². The van der Waals surface area contributed by atoms with Crippen LogP contribution in [0.5, 0.6) is 0 Å². The molecule has 1 fully saturated rings. The summed E-state index contributed by atoms with van der Waals surface area (Å²) in [6, 6.07) is 6.08. The molecule has 0 unspecified atom stereocenters. The first-order valence-corrected chi connectivity index (χ1v) is 8.97. The molecule has 1 saturated heterocycles. The summed E-state index contributed by atoms with van der Waals surface area (Å²) in [5.74, 6) is 0.845. The van der Waals surface area contributed by atoms with Gasteiger partial charge in [0, 0.05) is 17.8 Å². The Morgan fingerprint density at radius 1 is 1.32 bits per heavy atom. The van der Waals surface area contributed by atoms with E-state index in [-0.39, 0.29) is 11.9 Å². The molecule has 1 amide bonds. The van der Waals surface area contributed by atoms with Crippen LogP contribution in [0.1, 0.15) is 42.0 Å². The number of nitrogens with one attached hydrogen (secondary N) is 1. The van der Waals surface area contributed by atoms with Gasteiger partial charge in [-0.05, 0) is 58.3 Å². The van der Waals surface area contributed by atoms with Gasteiger partial charge in [-0.15, -0.1) is 0 Å². The van der Waals surface area contributed by atoms with E-state index >= 15 is 0 Å². The molecule has 0 aromatic carbocycles. The van der Waals surface area contributed by atoms with Crippen LogP contribution in [-0.2, 0) is 17.8 Å². The Kier molecular flexibility index (Phi) is 5.81. The summed E-state index contributed by atoms with van der Waals surface area (Å²) in [5.41, 5.74) is 2.63. The van der Waals surface area contributed by atoms with Gasteiger partial charge in [0.25, 0.3) is 0 Å². The van der Waals surface area contributed by atoms with Gasteiger partial charge in [0.05, 0.1) is 24.4 Å². The second-order valence-electron chi connectivity index (χ2n) is 6.66. The normalized spacial score (nSPS) is 17.9. The highest BCUT2D eigenvalue weighted by molar-refractivity contribution is 5.79. The molecule has 1 N–H and O–H groups in total. The van der Waals surface area contributed by atoms with Crippen LogP contribution in [0.15, 0.2) is 28.9 Å². The number of pyridine rings is 1. The molecule has 1 aliphatic heterocycles. The predicted molar refractivity (Wildman–Crippen MR) is 95.0 cm³/mol. The zero-order valence-corrected chi connectivity index (χ0v) is 15.0. The van der Waals surface area contributed by atoms with Crippen LogP contribution in [0.3, 0.4) is 0 Å². The molecule has 2 aromatic rings. The Morgan fingerprint density at radius 2 is 2.20 bits per heavy atom. The van der Waals surface area contributed by atoms with Crippen LogP contribution >= 0.6 is 0 Å². The lowest BCUT2D eigenvalue weighted by Crippen LogP contribution is -2.41. The standard InChI is InChI=1S/C19H26N4O2/c1-14-18(15(2)25-22-14)12-19(24)23(13-16-6-3-4-10-21-16)17-7-5-9-20-11-8-17/h3-4,6,10,17,20H,5,7-9,11-13H2,1-2H3/t17-/m1/s1. The molecule has 1 atom stereocenters. The summed E-state index contributed by atoms with van der Waals surface area (Å²) in [4.78, 5) is 19.6. The SMILES string of the molecule is Cc1noc(C)c1CC(=O)N(Cc1ccccn1)[C@@H]1CCCNCC1. The quantitative estimate of drug-likeness (QED) is 0.903. The van der Waals surface area contributed by atoms with Crippen molar-refractivity contribution in [1.82, 2.24) is 20.4 Å². The highest BCUT2D eigenvalue weighted by Gasteiger charge is 2.26. The lowest BCUT2D eigenvalue weighted by molar-refractivity contribution is -0.133. The van der Waals surface area contributed by atoms with E-state index in [1.165, 1.54) is 0 Å². The minimum Gasteiger partial charge on any atom is -0.361 e. The molecular formula is C19H26N4O2. The maximum atomic E-state index is 13.1. The molecule has 25 heavy (non-hydrogen) atoms. The first kappa shape index (κ1) is 17.6. The number of carbonyl (C=O) groups is 1. The smallest absolute Gasteiger partial charge is 0.227 e. The van der Waals surface area contributed by atoms with Crippen molar-refractivity contribution in [2.24, 2.45) is 0 Å². The number of amides is 1. The number of aromatic nitrogens is 2. The average molecular weight is 342 g/mol. The molecule has 0 aliphatic carbocycles. The Labute approximate surface area is 148 Å². The molecule has 134 valence electrons. The third-order valence-corrected chi connectivity index (χ3v) is 4.87. The van der Waals surface area contributed by atoms with Gasteiger partial charge >= 0.3 is 0 Å². The number of aryl methyl sites for hydroxylation is 2. The lowest BCUT2D eigenvalue weighted by atomic mass is 10.0. The van der Waals surface area contributed by atoms with E-state index < -0.39 is 0 Å². The lowest BCUT2D eigenvalue weighted by Gasteiger charge is -2.31. The van der Waals surface area contributed by atoms with Gasteiger partial charge in [-0.1, -0.05) is 11.2 Å². The fourth-order valence-corrected chi connectivity index (χ4v) is 3.41. The maximum Gasteiger partial charge on any atom is 0.227 e. The number of nitrogens with zero attached hydrogens (tertiary/aromatic N) is 3. The minimum absolute atomic E-state index is 0.118. The van der Waals surface area contributed by atoms with E-state index in [0.29, 0.717) is 13.0 Å². The Morgan fingerprint density at radius 3 is 2.92 bits per heavy atom. The van der Waals surface area contributed by atoms with Crippen molar-refractivity contribution >= 4 is 5.91 Å². The maximum absolute atomic E-state index is 13.1. The molecule has 0 spiro atoms. The van der Waals surface area contributed by atoms with Crippen molar-refractivity contribution in [3.63, 3.8) is 0 Å². The molecule has 3 heterocycles. The van der Waals surface area contributed by atoms with Crippen molar-refractivity contribution < 1.29 is 9.32 Å². The minimum atomic E-state index is 0.118. The van der Waals surface area contributed by atoms with Crippen LogP contribution < -0.4 is 5.32 Å². The second kappa shape index (κ2) is 8.25. The second-order valence-corrected chi connectivity index (χ2v) is 6.66. The van der Waals surface area contributed by atoms with Crippen molar-refractivity contribution in [3.8, 4) is 0 Å². The molecule has 1 aliphatic rings. The highest BCUT2D eigenvalue weighted by atomic mass is 16.5. The number of rotatable bonds is 5. The van der Waals surface area contributed by atoms with Gasteiger partial charge in [-0.3, -0.25) is 9.78 Å². The van der Waals surface area contributed by atoms with Gasteiger partial charge in [-0.25, -0.2) is 0 Å². The molecule has 6 heteroatoms. The Hall–Kier alpha value is -2.21. The van der Waals surface area contributed by atoms with Crippen LogP contribution in [0.4, 0.5) is 0 Å². The number of hydrogen-bond donors (Lipinski definition) is 1.